The number of nitrogens with two attached hydrogens (primary N) is 1. The molecular formula is C14H14Br2IN. The first-order valence-corrected chi connectivity index (χ1v) is 8.00. The van der Waals surface area contributed by atoms with Crippen LogP contribution in [0.15, 0.2) is 45.3 Å². The van der Waals surface area contributed by atoms with Gasteiger partial charge in [-0.25, -0.2) is 0 Å². The Morgan fingerprint density at radius 2 is 1.39 bits per heavy atom. The van der Waals surface area contributed by atoms with Crippen molar-refractivity contribution >= 4 is 60.1 Å². The Balaban J connectivity index is 0.000000180. The first-order chi connectivity index (χ1) is 8.40. The molecule has 2 aromatic rings. The molecule has 96 valence electrons. The summed E-state index contributed by atoms with van der Waals surface area (Å²) in [5.74, 6) is 0. The molecule has 0 saturated heterocycles. The highest BCUT2D eigenvalue weighted by Gasteiger charge is 1.92. The van der Waals surface area contributed by atoms with Gasteiger partial charge in [0.1, 0.15) is 0 Å². The second-order valence-corrected chi connectivity index (χ2v) is 6.89. The molecule has 2 aromatic carbocycles. The zero-order valence-electron chi connectivity index (χ0n) is 10.2. The van der Waals surface area contributed by atoms with Crippen LogP contribution >= 0.6 is 54.5 Å². The van der Waals surface area contributed by atoms with E-state index in [-0.39, 0.29) is 0 Å². The van der Waals surface area contributed by atoms with E-state index in [1.807, 2.05) is 25.1 Å². The van der Waals surface area contributed by atoms with E-state index in [9.17, 15) is 0 Å². The molecule has 0 aliphatic rings. The normalized spacial score (nSPS) is 9.61. The van der Waals surface area contributed by atoms with Crippen molar-refractivity contribution in [3.63, 3.8) is 0 Å². The average molecular weight is 483 g/mol. The Morgan fingerprint density at radius 3 is 1.78 bits per heavy atom. The molecule has 18 heavy (non-hydrogen) atoms. The van der Waals surface area contributed by atoms with Crippen molar-refractivity contribution in [2.24, 2.45) is 0 Å². The van der Waals surface area contributed by atoms with Gasteiger partial charge >= 0.3 is 0 Å². The number of halogens is 3. The Bertz CT molecular complexity index is 492. The molecule has 0 fully saturated rings. The number of benzene rings is 2. The minimum atomic E-state index is 0.837. The molecule has 0 amide bonds. The zero-order chi connectivity index (χ0) is 13.7. The molecule has 0 saturated carbocycles. The Hall–Kier alpha value is -0.0700. The van der Waals surface area contributed by atoms with Crippen molar-refractivity contribution in [3.8, 4) is 0 Å². The summed E-state index contributed by atoms with van der Waals surface area (Å²) in [6, 6.07) is 12.1. The summed E-state index contributed by atoms with van der Waals surface area (Å²) in [6.45, 7) is 4.09. The van der Waals surface area contributed by atoms with E-state index in [0.717, 1.165) is 20.2 Å². The Morgan fingerprint density at radius 1 is 0.889 bits per heavy atom. The second-order valence-electron chi connectivity index (χ2n) is 3.89. The van der Waals surface area contributed by atoms with E-state index >= 15 is 0 Å². The first kappa shape index (κ1) is 16.0. The lowest BCUT2D eigenvalue weighted by molar-refractivity contribution is 1.41. The summed E-state index contributed by atoms with van der Waals surface area (Å²) in [5.41, 5.74) is 8.88. The van der Waals surface area contributed by atoms with Gasteiger partial charge in [-0.2, -0.15) is 0 Å². The van der Waals surface area contributed by atoms with Crippen LogP contribution in [0.2, 0.25) is 0 Å². The predicted octanol–water partition coefficient (Wildman–Crippen LogP) is 5.70. The SMILES string of the molecule is Cc1ccc(Br)cc1I.Cc1ccc(Br)cc1N. The molecule has 0 aliphatic carbocycles. The fourth-order valence-electron chi connectivity index (χ4n) is 1.18. The van der Waals surface area contributed by atoms with Gasteiger partial charge in [-0.15, -0.1) is 0 Å². The van der Waals surface area contributed by atoms with Crippen molar-refractivity contribution in [3.05, 3.63) is 60.0 Å². The van der Waals surface area contributed by atoms with Crippen LogP contribution in [-0.2, 0) is 0 Å². The number of hydrogen-bond acceptors (Lipinski definition) is 1. The maximum Gasteiger partial charge on any atom is 0.0355 e. The first-order valence-electron chi connectivity index (χ1n) is 5.33. The van der Waals surface area contributed by atoms with Gasteiger partial charge in [-0.3, -0.25) is 0 Å². The van der Waals surface area contributed by atoms with Crippen molar-refractivity contribution in [1.82, 2.24) is 0 Å². The molecule has 4 heteroatoms. The summed E-state index contributed by atoms with van der Waals surface area (Å²) in [5, 5.41) is 0. The molecule has 0 spiro atoms. The smallest absolute Gasteiger partial charge is 0.0355 e. The summed E-state index contributed by atoms with van der Waals surface area (Å²) in [6.07, 6.45) is 0. The van der Waals surface area contributed by atoms with E-state index < -0.39 is 0 Å². The summed E-state index contributed by atoms with van der Waals surface area (Å²) < 4.78 is 3.49. The van der Waals surface area contributed by atoms with E-state index in [1.54, 1.807) is 0 Å². The molecule has 2 N–H and O–H groups in total. The number of rotatable bonds is 0. The van der Waals surface area contributed by atoms with Gasteiger partial charge in [0.2, 0.25) is 0 Å². The van der Waals surface area contributed by atoms with Crippen LogP contribution in [0.1, 0.15) is 11.1 Å². The number of nitrogen functional groups attached to an aromatic ring is 1. The number of hydrogen-bond donors (Lipinski definition) is 1. The average Bonchev–Trinajstić information content (AvgIpc) is 2.30. The largest absolute Gasteiger partial charge is 0.398 e. The molecule has 0 radical (unpaired) electrons. The Kier molecular flexibility index (Phi) is 6.66. The fraction of sp³-hybridized carbons (Fsp3) is 0.143. The van der Waals surface area contributed by atoms with E-state index in [2.05, 4.69) is 79.6 Å². The van der Waals surface area contributed by atoms with E-state index in [0.29, 0.717) is 0 Å². The van der Waals surface area contributed by atoms with E-state index in [1.165, 1.54) is 9.13 Å². The third-order valence-electron chi connectivity index (χ3n) is 2.38. The van der Waals surface area contributed by atoms with Gasteiger partial charge in [0.15, 0.2) is 0 Å². The maximum absolute atomic E-state index is 5.59. The highest BCUT2D eigenvalue weighted by atomic mass is 127. The molecule has 0 bridgehead atoms. The molecular weight excluding hydrogens is 469 g/mol. The topological polar surface area (TPSA) is 26.0 Å². The van der Waals surface area contributed by atoms with E-state index in [4.69, 9.17) is 5.73 Å². The van der Waals surface area contributed by atoms with Gasteiger partial charge in [-0.05, 0) is 71.8 Å². The van der Waals surface area contributed by atoms with Crippen molar-refractivity contribution in [2.75, 3.05) is 5.73 Å². The van der Waals surface area contributed by atoms with Gasteiger partial charge in [0, 0.05) is 18.2 Å². The lowest BCUT2D eigenvalue weighted by atomic mass is 10.2. The molecule has 0 atom stereocenters. The van der Waals surface area contributed by atoms with Crippen molar-refractivity contribution in [2.45, 2.75) is 13.8 Å². The fourth-order valence-corrected chi connectivity index (χ4v) is 2.86. The van der Waals surface area contributed by atoms with Crippen LogP contribution in [0.3, 0.4) is 0 Å². The van der Waals surface area contributed by atoms with Gasteiger partial charge < -0.3 is 5.73 Å². The quantitative estimate of drug-likeness (QED) is 0.378. The van der Waals surface area contributed by atoms with Crippen LogP contribution in [0.25, 0.3) is 0 Å². The molecule has 0 heterocycles. The predicted molar refractivity (Wildman–Crippen MR) is 94.9 cm³/mol. The monoisotopic (exact) mass is 481 g/mol. The molecule has 0 aromatic heterocycles. The third kappa shape index (κ3) is 5.28. The molecule has 0 unspecified atom stereocenters. The lowest BCUT2D eigenvalue weighted by Crippen LogP contribution is -1.87. The standard InChI is InChI=1S/C7H6BrI.C7H8BrN/c2*1-5-2-3-6(8)4-7(5)9/h2-4H,1H3;2-4H,9H2,1H3. The third-order valence-corrected chi connectivity index (χ3v) is 4.52. The van der Waals surface area contributed by atoms with Crippen molar-refractivity contribution < 1.29 is 0 Å². The molecule has 0 aliphatic heterocycles. The zero-order valence-corrected chi connectivity index (χ0v) is 15.5. The van der Waals surface area contributed by atoms with Crippen LogP contribution in [-0.4, -0.2) is 0 Å². The van der Waals surface area contributed by atoms with Crippen LogP contribution in [0.4, 0.5) is 5.69 Å². The Labute approximate surface area is 139 Å². The summed E-state index contributed by atoms with van der Waals surface area (Å²) >= 11 is 9.03. The second kappa shape index (κ2) is 7.50. The number of anilines is 1. The maximum atomic E-state index is 5.59. The van der Waals surface area contributed by atoms with Crippen LogP contribution in [0.5, 0.6) is 0 Å². The van der Waals surface area contributed by atoms with Crippen LogP contribution in [0, 0.1) is 17.4 Å². The van der Waals surface area contributed by atoms with Gasteiger partial charge in [-0.1, -0.05) is 44.0 Å². The van der Waals surface area contributed by atoms with Gasteiger partial charge in [0.05, 0.1) is 0 Å². The highest BCUT2D eigenvalue weighted by molar-refractivity contribution is 14.1. The summed E-state index contributed by atoms with van der Waals surface area (Å²) in [7, 11) is 0. The van der Waals surface area contributed by atoms with Gasteiger partial charge in [0.25, 0.3) is 0 Å². The summed E-state index contributed by atoms with van der Waals surface area (Å²) in [4.78, 5) is 0. The van der Waals surface area contributed by atoms with Crippen molar-refractivity contribution in [1.29, 1.82) is 0 Å². The minimum Gasteiger partial charge on any atom is -0.398 e. The molecule has 1 nitrogen and oxygen atoms in total. The highest BCUT2D eigenvalue weighted by Crippen LogP contribution is 2.17. The minimum absolute atomic E-state index is 0.837. The van der Waals surface area contributed by atoms with Crippen LogP contribution < -0.4 is 5.73 Å². The number of aryl methyl sites for hydroxylation is 2. The molecule has 2 rings (SSSR count). The lowest BCUT2D eigenvalue weighted by Gasteiger charge is -1.97.